The van der Waals surface area contributed by atoms with Crippen molar-refractivity contribution in [2.75, 3.05) is 24.5 Å². The van der Waals surface area contributed by atoms with Gasteiger partial charge < -0.3 is 10.6 Å². The van der Waals surface area contributed by atoms with Crippen molar-refractivity contribution in [1.82, 2.24) is 0 Å². The van der Waals surface area contributed by atoms with E-state index in [-0.39, 0.29) is 0 Å². The van der Waals surface area contributed by atoms with Gasteiger partial charge in [0.25, 0.3) is 0 Å². The van der Waals surface area contributed by atoms with Gasteiger partial charge in [0.1, 0.15) is 0 Å². The van der Waals surface area contributed by atoms with Gasteiger partial charge in [0.05, 0.1) is 0 Å². The van der Waals surface area contributed by atoms with E-state index in [0.29, 0.717) is 0 Å². The van der Waals surface area contributed by atoms with Gasteiger partial charge in [-0.15, -0.1) is 0 Å². The molecule has 1 fully saturated rings. The SMILES string of the molecule is Cc1cccc(N(CCCN)CC2CCCCC2)c1. The summed E-state index contributed by atoms with van der Waals surface area (Å²) in [4.78, 5) is 2.55. The monoisotopic (exact) mass is 260 g/mol. The Bertz CT molecular complexity index is 369. The fourth-order valence-electron chi connectivity index (χ4n) is 3.11. The van der Waals surface area contributed by atoms with Gasteiger partial charge >= 0.3 is 0 Å². The van der Waals surface area contributed by atoms with Crippen LogP contribution in [0.15, 0.2) is 24.3 Å². The van der Waals surface area contributed by atoms with Crippen LogP contribution >= 0.6 is 0 Å². The predicted molar refractivity (Wildman–Crippen MR) is 83.6 cm³/mol. The highest BCUT2D eigenvalue weighted by Crippen LogP contribution is 2.26. The van der Waals surface area contributed by atoms with Crippen LogP contribution in [0.5, 0.6) is 0 Å². The van der Waals surface area contributed by atoms with Crippen LogP contribution < -0.4 is 10.6 Å². The summed E-state index contributed by atoms with van der Waals surface area (Å²) in [6.45, 7) is 5.26. The van der Waals surface area contributed by atoms with Gasteiger partial charge in [0.2, 0.25) is 0 Å². The summed E-state index contributed by atoms with van der Waals surface area (Å²) in [7, 11) is 0. The van der Waals surface area contributed by atoms with E-state index in [9.17, 15) is 0 Å². The van der Waals surface area contributed by atoms with Gasteiger partial charge in [-0.1, -0.05) is 31.4 Å². The second-order valence-electron chi connectivity index (χ2n) is 5.93. The molecule has 0 radical (unpaired) electrons. The molecule has 1 aromatic carbocycles. The van der Waals surface area contributed by atoms with E-state index in [0.717, 1.165) is 25.4 Å². The maximum Gasteiger partial charge on any atom is 0.0368 e. The van der Waals surface area contributed by atoms with Crippen molar-refractivity contribution >= 4 is 5.69 Å². The largest absolute Gasteiger partial charge is 0.371 e. The molecular weight excluding hydrogens is 232 g/mol. The summed E-state index contributed by atoms with van der Waals surface area (Å²) in [6, 6.07) is 8.89. The van der Waals surface area contributed by atoms with Gasteiger partial charge in [0.15, 0.2) is 0 Å². The van der Waals surface area contributed by atoms with Crippen LogP contribution in [0, 0.1) is 12.8 Å². The summed E-state index contributed by atoms with van der Waals surface area (Å²) in [6.07, 6.45) is 8.17. The van der Waals surface area contributed by atoms with Crippen LogP contribution in [0.2, 0.25) is 0 Å². The van der Waals surface area contributed by atoms with Gasteiger partial charge in [-0.25, -0.2) is 0 Å². The Balaban J connectivity index is 2.01. The lowest BCUT2D eigenvalue weighted by atomic mass is 9.89. The minimum absolute atomic E-state index is 0.785. The first-order chi connectivity index (χ1) is 9.29. The smallest absolute Gasteiger partial charge is 0.0368 e. The van der Waals surface area contributed by atoms with E-state index in [2.05, 4.69) is 36.1 Å². The number of anilines is 1. The van der Waals surface area contributed by atoms with E-state index in [4.69, 9.17) is 5.73 Å². The molecule has 2 N–H and O–H groups in total. The predicted octanol–water partition coefficient (Wildman–Crippen LogP) is 3.73. The number of benzene rings is 1. The second-order valence-corrected chi connectivity index (χ2v) is 5.93. The Labute approximate surface area is 118 Å². The van der Waals surface area contributed by atoms with Crippen LogP contribution in [0.25, 0.3) is 0 Å². The van der Waals surface area contributed by atoms with Crippen LogP contribution in [0.3, 0.4) is 0 Å². The lowest BCUT2D eigenvalue weighted by Crippen LogP contribution is -2.32. The highest BCUT2D eigenvalue weighted by molar-refractivity contribution is 5.48. The molecule has 0 saturated heterocycles. The number of nitrogens with zero attached hydrogens (tertiary/aromatic N) is 1. The summed E-state index contributed by atoms with van der Waals surface area (Å²) in [5, 5.41) is 0. The average molecular weight is 260 g/mol. The quantitative estimate of drug-likeness (QED) is 0.844. The number of nitrogens with two attached hydrogens (primary N) is 1. The molecule has 0 heterocycles. The number of hydrogen-bond acceptors (Lipinski definition) is 2. The summed E-state index contributed by atoms with van der Waals surface area (Å²) >= 11 is 0. The molecule has 0 spiro atoms. The molecule has 2 rings (SSSR count). The van der Waals surface area contributed by atoms with E-state index < -0.39 is 0 Å². The lowest BCUT2D eigenvalue weighted by Gasteiger charge is -2.31. The van der Waals surface area contributed by atoms with Gasteiger partial charge in [-0.2, -0.15) is 0 Å². The highest BCUT2D eigenvalue weighted by Gasteiger charge is 2.17. The van der Waals surface area contributed by atoms with Crippen LogP contribution in [-0.4, -0.2) is 19.6 Å². The maximum atomic E-state index is 5.69. The van der Waals surface area contributed by atoms with Crippen molar-refractivity contribution in [3.63, 3.8) is 0 Å². The van der Waals surface area contributed by atoms with Crippen molar-refractivity contribution < 1.29 is 0 Å². The molecular formula is C17H28N2. The molecule has 106 valence electrons. The maximum absolute atomic E-state index is 5.69. The second kappa shape index (κ2) is 7.54. The van der Waals surface area contributed by atoms with Crippen molar-refractivity contribution in [3.05, 3.63) is 29.8 Å². The molecule has 0 amide bonds. The average Bonchev–Trinajstić information content (AvgIpc) is 2.44. The number of aryl methyl sites for hydroxylation is 1. The topological polar surface area (TPSA) is 29.3 Å². The first kappa shape index (κ1) is 14.4. The molecule has 0 unspecified atom stereocenters. The molecule has 0 bridgehead atoms. The molecule has 0 aliphatic heterocycles. The third-order valence-electron chi connectivity index (χ3n) is 4.20. The normalized spacial score (nSPS) is 16.5. The van der Waals surface area contributed by atoms with E-state index in [1.807, 2.05) is 0 Å². The van der Waals surface area contributed by atoms with E-state index >= 15 is 0 Å². The van der Waals surface area contributed by atoms with E-state index in [1.165, 1.54) is 49.9 Å². The third-order valence-corrected chi connectivity index (χ3v) is 4.20. The third kappa shape index (κ3) is 4.54. The van der Waals surface area contributed by atoms with Gasteiger partial charge in [0, 0.05) is 18.8 Å². The molecule has 1 aliphatic carbocycles. The Morgan fingerprint density at radius 2 is 2.00 bits per heavy atom. The minimum Gasteiger partial charge on any atom is -0.371 e. The molecule has 1 aromatic rings. The van der Waals surface area contributed by atoms with Crippen molar-refractivity contribution in [2.45, 2.75) is 45.4 Å². The number of hydrogen-bond donors (Lipinski definition) is 1. The zero-order valence-electron chi connectivity index (χ0n) is 12.3. The fraction of sp³-hybridized carbons (Fsp3) is 0.647. The van der Waals surface area contributed by atoms with Crippen LogP contribution in [-0.2, 0) is 0 Å². The summed E-state index contributed by atoms with van der Waals surface area (Å²) < 4.78 is 0. The first-order valence-electron chi connectivity index (χ1n) is 7.81. The summed E-state index contributed by atoms with van der Waals surface area (Å²) in [5.74, 6) is 0.882. The van der Waals surface area contributed by atoms with Crippen LogP contribution in [0.4, 0.5) is 5.69 Å². The Morgan fingerprint density at radius 3 is 2.68 bits per heavy atom. The minimum atomic E-state index is 0.785. The fourth-order valence-corrected chi connectivity index (χ4v) is 3.11. The zero-order valence-corrected chi connectivity index (χ0v) is 12.3. The standard InChI is InChI=1S/C17H28N2/c1-15-7-5-10-17(13-15)19(12-6-11-18)14-16-8-3-2-4-9-16/h5,7,10,13,16H,2-4,6,8-9,11-12,14,18H2,1H3. The molecule has 2 nitrogen and oxygen atoms in total. The first-order valence-corrected chi connectivity index (χ1v) is 7.81. The van der Waals surface area contributed by atoms with Crippen LogP contribution in [0.1, 0.15) is 44.1 Å². The Hall–Kier alpha value is -1.02. The van der Waals surface area contributed by atoms with E-state index in [1.54, 1.807) is 0 Å². The molecule has 0 aromatic heterocycles. The lowest BCUT2D eigenvalue weighted by molar-refractivity contribution is 0.357. The van der Waals surface area contributed by atoms with Crippen molar-refractivity contribution in [1.29, 1.82) is 0 Å². The zero-order chi connectivity index (χ0) is 13.5. The highest BCUT2D eigenvalue weighted by atomic mass is 15.1. The molecule has 0 atom stereocenters. The van der Waals surface area contributed by atoms with Gasteiger partial charge in [-0.3, -0.25) is 0 Å². The Morgan fingerprint density at radius 1 is 1.21 bits per heavy atom. The molecule has 1 aliphatic rings. The Kier molecular flexibility index (Phi) is 5.71. The molecule has 1 saturated carbocycles. The molecule has 19 heavy (non-hydrogen) atoms. The number of rotatable bonds is 6. The van der Waals surface area contributed by atoms with Crippen molar-refractivity contribution in [2.24, 2.45) is 11.7 Å². The molecule has 2 heteroatoms. The van der Waals surface area contributed by atoms with Crippen molar-refractivity contribution in [3.8, 4) is 0 Å². The summed E-state index contributed by atoms with van der Waals surface area (Å²) in [5.41, 5.74) is 8.41. The van der Waals surface area contributed by atoms with Gasteiger partial charge in [-0.05, 0) is 56.3 Å².